The molecule has 5 heterocycles. The molecule has 1 aliphatic carbocycles. The van der Waals surface area contributed by atoms with E-state index < -0.39 is 7.53 Å². The van der Waals surface area contributed by atoms with Gasteiger partial charge in [-0.25, -0.2) is 0 Å². The highest BCUT2D eigenvalue weighted by molar-refractivity contribution is 7.59. The number of furan rings is 1. The van der Waals surface area contributed by atoms with E-state index >= 15 is 0 Å². The van der Waals surface area contributed by atoms with E-state index in [1.807, 2.05) is 0 Å². The lowest BCUT2D eigenvalue weighted by atomic mass is 9.82. The van der Waals surface area contributed by atoms with Crippen molar-refractivity contribution in [2.45, 2.75) is 57.8 Å². The molecule has 3 aromatic carbocycles. The Balaban J connectivity index is 1.44. The Kier molecular flexibility index (Phi) is 6.94. The van der Waals surface area contributed by atoms with Crippen LogP contribution in [0.15, 0.2) is 132 Å². The summed E-state index contributed by atoms with van der Waals surface area (Å²) in [6.45, 7) is 9.77. The van der Waals surface area contributed by atoms with Crippen molar-refractivity contribution in [3.8, 4) is 5.30 Å². The molecule has 0 amide bonds. The zero-order valence-corrected chi connectivity index (χ0v) is 29.5. The van der Waals surface area contributed by atoms with Crippen LogP contribution in [0, 0.1) is 0 Å². The van der Waals surface area contributed by atoms with Crippen LogP contribution < -0.4 is 10.8 Å². The van der Waals surface area contributed by atoms with Crippen molar-refractivity contribution in [3.63, 3.8) is 0 Å². The van der Waals surface area contributed by atoms with Crippen LogP contribution in [0.1, 0.15) is 89.7 Å². The molecule has 0 radical (unpaired) electrons. The van der Waals surface area contributed by atoms with Crippen LogP contribution in [0.3, 0.4) is 0 Å². The predicted octanol–water partition coefficient (Wildman–Crippen LogP) is 9.86. The summed E-state index contributed by atoms with van der Waals surface area (Å²) >= 11 is 0. The topological polar surface area (TPSA) is 44.7 Å². The van der Waals surface area contributed by atoms with Gasteiger partial charge in [0.25, 0.3) is 0 Å². The van der Waals surface area contributed by atoms with Crippen molar-refractivity contribution in [1.29, 1.82) is 0 Å². The zero-order valence-electron chi connectivity index (χ0n) is 28.6. The Morgan fingerprint density at radius 2 is 0.939 bits per heavy atom. The molecule has 0 fully saturated rings. The van der Waals surface area contributed by atoms with E-state index in [0.29, 0.717) is 0 Å². The molecule has 3 nitrogen and oxygen atoms in total. The lowest BCUT2D eigenvalue weighted by molar-refractivity contribution is 0.498. The van der Waals surface area contributed by atoms with E-state index in [1.165, 1.54) is 23.1 Å². The fourth-order valence-corrected chi connectivity index (χ4v) is 12.1. The van der Waals surface area contributed by atoms with Gasteiger partial charge in [-0.05, 0) is 122 Å². The average molecular weight is 657 g/mol. The Hall–Kier alpha value is -4.98. The summed E-state index contributed by atoms with van der Waals surface area (Å²) in [5.41, 5.74) is 13.5. The SMILES string of the molecule is CC1(C)c2ccc([nH]2)/C(c2ccccc2)=c2/cc/c(o2)=C(\c2ccccc2)c2ccc([nH]2)C(C)(C)c2c3c(c1p2-c1ccccc1)CCC3. The van der Waals surface area contributed by atoms with Crippen molar-refractivity contribution >= 4 is 18.7 Å². The summed E-state index contributed by atoms with van der Waals surface area (Å²) in [7, 11) is -0.760. The van der Waals surface area contributed by atoms with Gasteiger partial charge < -0.3 is 14.4 Å². The number of hydrogen-bond acceptors (Lipinski definition) is 1. The summed E-state index contributed by atoms with van der Waals surface area (Å²) < 4.78 is 6.92. The molecule has 8 bridgehead atoms. The van der Waals surface area contributed by atoms with Gasteiger partial charge in [0, 0.05) is 44.8 Å². The second-order valence-corrected chi connectivity index (χ2v) is 16.7. The third kappa shape index (κ3) is 4.71. The fraction of sp³-hybridized carbons (Fsp3) is 0.200. The number of aromatic amines is 2. The predicted molar refractivity (Wildman–Crippen MR) is 202 cm³/mol. The normalized spacial score (nSPS) is 18.7. The number of fused-ring (bicyclic) bond motifs is 11. The zero-order chi connectivity index (χ0) is 33.3. The molecule has 9 rings (SSSR count). The minimum atomic E-state index is -0.760. The minimum Gasteiger partial charge on any atom is -0.456 e. The van der Waals surface area contributed by atoms with Gasteiger partial charge >= 0.3 is 0 Å². The molecule has 0 saturated heterocycles. The van der Waals surface area contributed by atoms with Gasteiger partial charge in [0.2, 0.25) is 0 Å². The summed E-state index contributed by atoms with van der Waals surface area (Å²) in [5.74, 6) is 0. The van der Waals surface area contributed by atoms with Crippen molar-refractivity contribution in [2.75, 3.05) is 0 Å². The van der Waals surface area contributed by atoms with Crippen LogP contribution in [-0.4, -0.2) is 9.97 Å². The van der Waals surface area contributed by atoms with Crippen molar-refractivity contribution in [1.82, 2.24) is 9.97 Å². The molecular weight excluding hydrogens is 615 g/mol. The van der Waals surface area contributed by atoms with Gasteiger partial charge in [0.1, 0.15) is 10.8 Å². The highest BCUT2D eigenvalue weighted by atomic mass is 31.1. The van der Waals surface area contributed by atoms with Crippen molar-refractivity contribution in [3.05, 3.63) is 194 Å². The third-order valence-electron chi connectivity index (χ3n) is 10.9. The molecule has 2 aliphatic rings. The molecule has 0 spiro atoms. The van der Waals surface area contributed by atoms with Crippen molar-refractivity contribution < 1.29 is 4.42 Å². The molecule has 242 valence electrons. The maximum Gasteiger partial charge on any atom is 0.137 e. The molecule has 7 aromatic rings. The molecule has 0 saturated carbocycles. The first kappa shape index (κ1) is 30.1. The Morgan fingerprint density at radius 1 is 0.510 bits per heavy atom. The molecule has 4 aromatic heterocycles. The standard InChI is InChI=1S/C45H41N2OP/c1-44(2)38-27-23-34(46-38)40(29-15-8-5-9-16-29)36-25-26-37(48-36)41(30-17-10-6-11-18-30)35-24-28-39(47-35)45(3,4)43-33-22-14-21-32(33)42(44)49(43)31-19-12-7-13-20-31/h5-13,15-20,23-28,46-47H,14,21-22H2,1-4H3/b40-36-,41-37-. The Morgan fingerprint density at radius 3 is 1.39 bits per heavy atom. The molecule has 2 N–H and O–H groups in total. The first-order valence-electron chi connectivity index (χ1n) is 17.5. The highest BCUT2D eigenvalue weighted by Crippen LogP contribution is 2.63. The first-order valence-corrected chi connectivity index (χ1v) is 18.8. The number of H-pyrrole nitrogens is 2. The Bertz CT molecular complexity index is 2300. The van der Waals surface area contributed by atoms with E-state index in [1.54, 1.807) is 21.7 Å². The Labute approximate surface area is 289 Å². The van der Waals surface area contributed by atoms with Gasteiger partial charge in [-0.2, -0.15) is 0 Å². The molecule has 0 unspecified atom stereocenters. The van der Waals surface area contributed by atoms with Gasteiger partial charge in [-0.3, -0.25) is 0 Å². The smallest absolute Gasteiger partial charge is 0.137 e. The first-order chi connectivity index (χ1) is 23.8. The maximum absolute atomic E-state index is 6.92. The summed E-state index contributed by atoms with van der Waals surface area (Å²) in [6, 6.07) is 46.1. The van der Waals surface area contributed by atoms with Crippen LogP contribution in [0.25, 0.3) is 16.5 Å². The minimum absolute atomic E-state index is 0.217. The molecular formula is C45H41N2OP. The summed E-state index contributed by atoms with van der Waals surface area (Å²) in [5, 5.41) is 4.65. The number of hydrogen-bond donors (Lipinski definition) is 2. The maximum atomic E-state index is 6.92. The molecule has 49 heavy (non-hydrogen) atoms. The van der Waals surface area contributed by atoms with Gasteiger partial charge in [-0.1, -0.05) is 98.5 Å². The van der Waals surface area contributed by atoms with E-state index in [-0.39, 0.29) is 10.8 Å². The average Bonchev–Trinajstić information content (AvgIpc) is 3.95. The molecule has 1 aliphatic heterocycles. The van der Waals surface area contributed by atoms with E-state index in [9.17, 15) is 0 Å². The third-order valence-corrected chi connectivity index (χ3v) is 14.3. The van der Waals surface area contributed by atoms with Crippen LogP contribution in [-0.2, 0) is 23.7 Å². The molecule has 0 atom stereocenters. The largest absolute Gasteiger partial charge is 0.456 e. The van der Waals surface area contributed by atoms with E-state index in [2.05, 4.69) is 165 Å². The fourth-order valence-electron chi connectivity index (χ4n) is 8.54. The van der Waals surface area contributed by atoms with Crippen molar-refractivity contribution in [2.24, 2.45) is 0 Å². The number of benzene rings is 3. The lowest BCUT2D eigenvalue weighted by Gasteiger charge is -2.31. The van der Waals surface area contributed by atoms with Crippen LogP contribution >= 0.6 is 7.53 Å². The number of nitrogens with one attached hydrogen (secondary N) is 2. The van der Waals surface area contributed by atoms with E-state index in [4.69, 9.17) is 4.42 Å². The molecule has 4 heteroatoms. The quantitative estimate of drug-likeness (QED) is 0.195. The van der Waals surface area contributed by atoms with Gasteiger partial charge in [0.15, 0.2) is 0 Å². The van der Waals surface area contributed by atoms with Gasteiger partial charge in [0.05, 0.1) is 0 Å². The monoisotopic (exact) mass is 656 g/mol. The highest BCUT2D eigenvalue weighted by Gasteiger charge is 2.42. The number of aromatic nitrogens is 2. The second kappa shape index (κ2) is 11.3. The van der Waals surface area contributed by atoms with E-state index in [0.717, 1.165) is 57.3 Å². The van der Waals surface area contributed by atoms with Gasteiger partial charge in [-0.15, -0.1) is 0 Å². The summed E-state index contributed by atoms with van der Waals surface area (Å²) in [6.07, 6.45) is 3.50. The lowest BCUT2D eigenvalue weighted by Crippen LogP contribution is -2.21. The number of rotatable bonds is 3. The second-order valence-electron chi connectivity index (χ2n) is 14.6. The van der Waals surface area contributed by atoms with Crippen LogP contribution in [0.5, 0.6) is 0 Å². The summed E-state index contributed by atoms with van der Waals surface area (Å²) in [4.78, 5) is 7.96. The van der Waals surface area contributed by atoms with Crippen LogP contribution in [0.4, 0.5) is 0 Å². The van der Waals surface area contributed by atoms with Crippen LogP contribution in [0.2, 0.25) is 0 Å².